The third kappa shape index (κ3) is 3.73. The quantitative estimate of drug-likeness (QED) is 0.738. The Morgan fingerprint density at radius 2 is 2.04 bits per heavy atom. The molecule has 2 aromatic carbocycles. The molecule has 0 spiro atoms. The van der Waals surface area contributed by atoms with Gasteiger partial charge in [-0.25, -0.2) is 0 Å². The van der Waals surface area contributed by atoms with Crippen molar-refractivity contribution in [2.75, 3.05) is 7.11 Å². The molecule has 1 amide bonds. The zero-order chi connectivity index (χ0) is 20.1. The van der Waals surface area contributed by atoms with Gasteiger partial charge in [-0.2, -0.15) is 5.26 Å². The fourth-order valence-corrected chi connectivity index (χ4v) is 3.98. The van der Waals surface area contributed by atoms with E-state index in [-0.39, 0.29) is 18.0 Å². The Morgan fingerprint density at radius 3 is 2.64 bits per heavy atom. The number of nitrogens with zero attached hydrogens (tertiary/aromatic N) is 2. The molecule has 4 heteroatoms. The molecule has 0 aliphatic carbocycles. The molecule has 0 saturated heterocycles. The van der Waals surface area contributed by atoms with Gasteiger partial charge in [-0.05, 0) is 59.7 Å². The lowest BCUT2D eigenvalue weighted by Crippen LogP contribution is -2.47. The van der Waals surface area contributed by atoms with E-state index in [4.69, 9.17) is 16.4 Å². The summed E-state index contributed by atoms with van der Waals surface area (Å²) in [6, 6.07) is 15.3. The summed E-state index contributed by atoms with van der Waals surface area (Å²) in [6.07, 6.45) is 9.28. The topological polar surface area (TPSA) is 53.3 Å². The maximum atomic E-state index is 12.8. The number of rotatable bonds is 5. The molecule has 0 unspecified atom stereocenters. The average molecular weight is 372 g/mol. The van der Waals surface area contributed by atoms with Crippen molar-refractivity contribution in [3.63, 3.8) is 0 Å². The second kappa shape index (κ2) is 8.63. The molecule has 0 saturated carbocycles. The fraction of sp³-hybridized carbons (Fsp3) is 0.333. The van der Waals surface area contributed by atoms with Crippen LogP contribution >= 0.6 is 0 Å². The van der Waals surface area contributed by atoms with Crippen molar-refractivity contribution in [3.8, 4) is 24.2 Å². The summed E-state index contributed by atoms with van der Waals surface area (Å²) in [4.78, 5) is 14.6. The van der Waals surface area contributed by atoms with E-state index in [1.807, 2.05) is 29.2 Å². The smallest absolute Gasteiger partial charge is 0.299 e. The molecule has 1 heterocycles. The lowest BCUT2D eigenvalue weighted by Gasteiger charge is -2.43. The fourth-order valence-electron chi connectivity index (χ4n) is 3.98. The molecule has 1 aliphatic heterocycles. The van der Waals surface area contributed by atoms with Gasteiger partial charge in [-0.3, -0.25) is 4.79 Å². The third-order valence-corrected chi connectivity index (χ3v) is 5.38. The van der Waals surface area contributed by atoms with E-state index in [1.54, 1.807) is 19.2 Å². The third-order valence-electron chi connectivity index (χ3n) is 5.38. The predicted octanol–water partition coefficient (Wildman–Crippen LogP) is 4.23. The molecule has 0 fully saturated rings. The number of carbonyl (C=O) groups is 1. The molecule has 0 radical (unpaired) electrons. The Labute approximate surface area is 166 Å². The van der Waals surface area contributed by atoms with Crippen molar-refractivity contribution in [1.29, 1.82) is 5.26 Å². The molecule has 0 bridgehead atoms. The van der Waals surface area contributed by atoms with Crippen LogP contribution in [-0.2, 0) is 11.2 Å². The summed E-state index contributed by atoms with van der Waals surface area (Å²) < 4.78 is 5.41. The first-order valence-corrected chi connectivity index (χ1v) is 9.58. The monoisotopic (exact) mass is 372 g/mol. The van der Waals surface area contributed by atoms with Crippen LogP contribution in [0.5, 0.6) is 5.75 Å². The number of hydrogen-bond acceptors (Lipinski definition) is 3. The first-order valence-electron chi connectivity index (χ1n) is 9.58. The van der Waals surface area contributed by atoms with E-state index in [0.717, 1.165) is 42.6 Å². The Balaban J connectivity index is 2.15. The summed E-state index contributed by atoms with van der Waals surface area (Å²) in [7, 11) is 1.66. The van der Waals surface area contributed by atoms with E-state index >= 15 is 0 Å². The molecule has 28 heavy (non-hydrogen) atoms. The highest BCUT2D eigenvalue weighted by atomic mass is 16.5. The van der Waals surface area contributed by atoms with E-state index in [9.17, 15) is 4.79 Å². The number of hydrogen-bond donors (Lipinski definition) is 0. The summed E-state index contributed by atoms with van der Waals surface area (Å²) in [5, 5.41) is 9.12. The number of unbranched alkanes of at least 4 members (excludes halogenated alkanes) is 1. The molecule has 2 aromatic rings. The number of fused-ring (bicyclic) bond motifs is 1. The van der Waals surface area contributed by atoms with E-state index in [0.29, 0.717) is 5.56 Å². The number of amides is 1. The maximum Gasteiger partial charge on any atom is 0.299 e. The van der Waals surface area contributed by atoms with Gasteiger partial charge in [0.05, 0.1) is 24.8 Å². The SMILES string of the molecule is C#CC(=O)N1[C@@H](CCCC)Cc2cc(OC)ccc2[C@H]1c1ccc(C#N)cc1. The summed E-state index contributed by atoms with van der Waals surface area (Å²) in [5.74, 6) is 2.84. The molecular formula is C24H24N2O2. The Kier molecular flexibility index (Phi) is 6.02. The summed E-state index contributed by atoms with van der Waals surface area (Å²) in [6.45, 7) is 2.14. The molecule has 1 aliphatic rings. The van der Waals surface area contributed by atoms with Gasteiger partial charge in [-0.1, -0.05) is 38.0 Å². The Bertz CT molecular complexity index is 935. The molecule has 2 atom stereocenters. The van der Waals surface area contributed by atoms with Gasteiger partial charge in [0.15, 0.2) is 0 Å². The number of carbonyl (C=O) groups excluding carboxylic acids is 1. The first-order chi connectivity index (χ1) is 13.6. The molecule has 142 valence electrons. The maximum absolute atomic E-state index is 12.8. The van der Waals surface area contributed by atoms with Crippen LogP contribution in [-0.4, -0.2) is 24.0 Å². The average Bonchev–Trinajstić information content (AvgIpc) is 2.75. The van der Waals surface area contributed by atoms with Crippen LogP contribution in [0.4, 0.5) is 0 Å². The van der Waals surface area contributed by atoms with Crippen molar-refractivity contribution in [2.24, 2.45) is 0 Å². The van der Waals surface area contributed by atoms with Gasteiger partial charge in [0.25, 0.3) is 5.91 Å². The summed E-state index contributed by atoms with van der Waals surface area (Å²) >= 11 is 0. The normalized spacial score (nSPS) is 17.9. The van der Waals surface area contributed by atoms with Crippen LogP contribution in [0.25, 0.3) is 0 Å². The highest BCUT2D eigenvalue weighted by Gasteiger charge is 2.37. The van der Waals surface area contributed by atoms with Crippen LogP contribution in [0, 0.1) is 23.7 Å². The standard InChI is InChI=1S/C24H24N2O2/c1-4-6-7-20-14-19-15-21(28-3)12-13-22(19)24(26(20)23(27)5-2)18-10-8-17(16-25)9-11-18/h2,8-13,15,20,24H,4,6-7,14H2,1,3H3/t20-,24+/m0/s1. The lowest BCUT2D eigenvalue weighted by molar-refractivity contribution is -0.130. The van der Waals surface area contributed by atoms with Gasteiger partial charge in [0, 0.05) is 6.04 Å². The van der Waals surface area contributed by atoms with Crippen molar-refractivity contribution >= 4 is 5.91 Å². The van der Waals surface area contributed by atoms with Gasteiger partial charge in [-0.15, -0.1) is 6.42 Å². The van der Waals surface area contributed by atoms with Crippen molar-refractivity contribution in [3.05, 3.63) is 64.7 Å². The van der Waals surface area contributed by atoms with Crippen LogP contribution in [0.1, 0.15) is 54.5 Å². The van der Waals surface area contributed by atoms with Crippen molar-refractivity contribution < 1.29 is 9.53 Å². The first kappa shape index (κ1) is 19.5. The van der Waals surface area contributed by atoms with Crippen LogP contribution < -0.4 is 4.74 Å². The van der Waals surface area contributed by atoms with Crippen LogP contribution in [0.15, 0.2) is 42.5 Å². The molecule has 0 N–H and O–H groups in total. The van der Waals surface area contributed by atoms with Crippen LogP contribution in [0.3, 0.4) is 0 Å². The minimum Gasteiger partial charge on any atom is -0.497 e. The Morgan fingerprint density at radius 1 is 1.29 bits per heavy atom. The predicted molar refractivity (Wildman–Crippen MR) is 109 cm³/mol. The molecule has 0 aromatic heterocycles. The number of terminal acetylenes is 1. The van der Waals surface area contributed by atoms with Crippen molar-refractivity contribution in [1.82, 2.24) is 4.90 Å². The van der Waals surface area contributed by atoms with Gasteiger partial charge >= 0.3 is 0 Å². The highest BCUT2D eigenvalue weighted by molar-refractivity contribution is 5.94. The van der Waals surface area contributed by atoms with Gasteiger partial charge in [0.2, 0.25) is 0 Å². The van der Waals surface area contributed by atoms with E-state index in [2.05, 4.69) is 25.0 Å². The number of ether oxygens (including phenoxy) is 1. The Hall–Kier alpha value is -3.24. The van der Waals surface area contributed by atoms with E-state index in [1.165, 1.54) is 5.56 Å². The van der Waals surface area contributed by atoms with E-state index < -0.39 is 0 Å². The van der Waals surface area contributed by atoms with Gasteiger partial charge in [0.1, 0.15) is 5.75 Å². The molecular weight excluding hydrogens is 348 g/mol. The second-order valence-corrected chi connectivity index (χ2v) is 7.06. The number of methoxy groups -OCH3 is 1. The zero-order valence-electron chi connectivity index (χ0n) is 16.3. The van der Waals surface area contributed by atoms with Crippen molar-refractivity contribution in [2.45, 2.75) is 44.7 Å². The minimum absolute atomic E-state index is 0.0312. The van der Waals surface area contributed by atoms with Crippen LogP contribution in [0.2, 0.25) is 0 Å². The lowest BCUT2D eigenvalue weighted by atomic mass is 9.83. The molecule has 3 rings (SSSR count). The van der Waals surface area contributed by atoms with Gasteiger partial charge < -0.3 is 9.64 Å². The second-order valence-electron chi connectivity index (χ2n) is 7.06. The minimum atomic E-state index is -0.295. The highest BCUT2D eigenvalue weighted by Crippen LogP contribution is 2.40. The number of benzene rings is 2. The molecule has 4 nitrogen and oxygen atoms in total. The zero-order valence-corrected chi connectivity index (χ0v) is 16.3. The largest absolute Gasteiger partial charge is 0.497 e. The summed E-state index contributed by atoms with van der Waals surface area (Å²) in [5.41, 5.74) is 3.78. The number of nitriles is 1.